The quantitative estimate of drug-likeness (QED) is 0.212. The minimum atomic E-state index is -0.787. The van der Waals surface area contributed by atoms with E-state index in [-0.39, 0.29) is 31.3 Å². The molecule has 0 aromatic heterocycles. The molecule has 8 heteroatoms. The Bertz CT molecular complexity index is 1480. The Morgan fingerprint density at radius 2 is 1.43 bits per heavy atom. The second-order valence-electron chi connectivity index (χ2n) is 9.75. The maximum absolute atomic E-state index is 14.1. The lowest BCUT2D eigenvalue weighted by Crippen LogP contribution is -2.50. The van der Waals surface area contributed by atoms with Gasteiger partial charge >= 0.3 is 0 Å². The lowest BCUT2D eigenvalue weighted by Gasteiger charge is -2.32. The minimum absolute atomic E-state index is 0.0690. The molecule has 218 valence electrons. The van der Waals surface area contributed by atoms with Gasteiger partial charge in [-0.2, -0.15) is 0 Å². The highest BCUT2D eigenvalue weighted by atomic mass is 35.5. The lowest BCUT2D eigenvalue weighted by atomic mass is 10.0. The molecule has 0 aliphatic heterocycles. The van der Waals surface area contributed by atoms with E-state index in [0.29, 0.717) is 28.7 Å². The molecule has 1 atom stereocenters. The van der Waals surface area contributed by atoms with Gasteiger partial charge in [-0.25, -0.2) is 0 Å². The summed E-state index contributed by atoms with van der Waals surface area (Å²) in [6.07, 6.45) is 0.405. The summed E-state index contributed by atoms with van der Waals surface area (Å²) in [7, 11) is 4.72. The van der Waals surface area contributed by atoms with E-state index in [1.54, 1.807) is 44.4 Å². The number of benzene rings is 4. The predicted molar refractivity (Wildman–Crippen MR) is 164 cm³/mol. The summed E-state index contributed by atoms with van der Waals surface area (Å²) in [6, 6.07) is 29.1. The van der Waals surface area contributed by atoms with Gasteiger partial charge in [0.05, 0.1) is 27.8 Å². The van der Waals surface area contributed by atoms with Crippen LogP contribution in [-0.2, 0) is 35.5 Å². The minimum Gasteiger partial charge on any atom is -0.497 e. The van der Waals surface area contributed by atoms with E-state index in [1.807, 2.05) is 78.9 Å². The molecule has 0 radical (unpaired) electrons. The largest absolute Gasteiger partial charge is 0.497 e. The van der Waals surface area contributed by atoms with Crippen LogP contribution in [0.15, 0.2) is 97.1 Å². The van der Waals surface area contributed by atoms with Gasteiger partial charge in [0.15, 0.2) is 11.5 Å². The highest BCUT2D eigenvalue weighted by Gasteiger charge is 2.30. The molecule has 0 saturated carbocycles. The average molecular weight is 587 g/mol. The van der Waals surface area contributed by atoms with Crippen molar-refractivity contribution in [3.63, 3.8) is 0 Å². The molecule has 0 bridgehead atoms. The maximum Gasteiger partial charge on any atom is 0.243 e. The third kappa shape index (κ3) is 8.04. The van der Waals surface area contributed by atoms with E-state index in [9.17, 15) is 9.59 Å². The molecular weight excluding hydrogens is 552 g/mol. The van der Waals surface area contributed by atoms with Crippen molar-refractivity contribution in [1.29, 1.82) is 0 Å². The average Bonchev–Trinajstić information content (AvgIpc) is 3.02. The van der Waals surface area contributed by atoms with Crippen LogP contribution in [0.25, 0.3) is 0 Å². The summed E-state index contributed by atoms with van der Waals surface area (Å²) in [5, 5.41) is 3.59. The number of carbonyl (C=O) groups excluding carboxylic acids is 2. The predicted octanol–water partition coefficient (Wildman–Crippen LogP) is 5.86. The fraction of sp³-hybridized carbons (Fsp3) is 0.235. The standard InChI is InChI=1S/C34H35ClN2O5/c1-40-28-16-13-25(14-17-28)23-37(33(38)21-26-15-18-31(41-2)32(20-26)42-3)30(19-24-9-5-4-6-10-24)34(39)36-22-27-11-7-8-12-29(27)35/h4-18,20,30H,19,21-23H2,1-3H3,(H,36,39)/t30-/m0/s1. The van der Waals surface area contributed by atoms with Gasteiger partial charge in [0, 0.05) is 24.5 Å². The fourth-order valence-electron chi connectivity index (χ4n) is 4.69. The molecular formula is C34H35ClN2O5. The van der Waals surface area contributed by atoms with Crippen LogP contribution < -0.4 is 19.5 Å². The van der Waals surface area contributed by atoms with Gasteiger partial charge in [0.25, 0.3) is 0 Å². The molecule has 0 heterocycles. The summed E-state index contributed by atoms with van der Waals surface area (Å²) in [4.78, 5) is 29.6. The molecule has 0 aliphatic rings. The van der Waals surface area contributed by atoms with Crippen molar-refractivity contribution in [1.82, 2.24) is 10.2 Å². The number of ether oxygens (including phenoxy) is 3. The Kier molecular flexibility index (Phi) is 10.8. The van der Waals surface area contributed by atoms with Crippen LogP contribution in [-0.4, -0.2) is 44.1 Å². The van der Waals surface area contributed by atoms with Crippen molar-refractivity contribution >= 4 is 23.4 Å². The van der Waals surface area contributed by atoms with Crippen LogP contribution in [0.3, 0.4) is 0 Å². The fourth-order valence-corrected chi connectivity index (χ4v) is 4.89. The first-order valence-corrected chi connectivity index (χ1v) is 14.0. The molecule has 42 heavy (non-hydrogen) atoms. The van der Waals surface area contributed by atoms with Gasteiger partial charge < -0.3 is 24.4 Å². The summed E-state index contributed by atoms with van der Waals surface area (Å²) >= 11 is 6.35. The first-order valence-electron chi connectivity index (χ1n) is 13.6. The van der Waals surface area contributed by atoms with E-state index >= 15 is 0 Å². The Hall–Kier alpha value is -4.49. The molecule has 0 saturated heterocycles. The molecule has 0 spiro atoms. The van der Waals surface area contributed by atoms with Crippen molar-refractivity contribution in [2.24, 2.45) is 0 Å². The number of methoxy groups -OCH3 is 3. The summed E-state index contributed by atoms with van der Waals surface area (Å²) < 4.78 is 16.1. The number of hydrogen-bond donors (Lipinski definition) is 1. The Morgan fingerprint density at radius 3 is 2.10 bits per heavy atom. The lowest BCUT2D eigenvalue weighted by molar-refractivity contribution is -0.140. The summed E-state index contributed by atoms with van der Waals surface area (Å²) in [6.45, 7) is 0.469. The van der Waals surface area contributed by atoms with Crippen molar-refractivity contribution in [2.75, 3.05) is 21.3 Å². The Morgan fingerprint density at radius 1 is 0.762 bits per heavy atom. The van der Waals surface area contributed by atoms with Crippen molar-refractivity contribution in [3.05, 3.63) is 124 Å². The smallest absolute Gasteiger partial charge is 0.243 e. The number of carbonyl (C=O) groups is 2. The SMILES string of the molecule is COc1ccc(CN(C(=O)Cc2ccc(OC)c(OC)c2)[C@@H](Cc2ccccc2)C(=O)NCc2ccccc2Cl)cc1. The first kappa shape index (κ1) is 30.5. The molecule has 0 aliphatic carbocycles. The third-order valence-electron chi connectivity index (χ3n) is 7.00. The molecule has 1 N–H and O–H groups in total. The van der Waals surface area contributed by atoms with Crippen LogP contribution in [0.4, 0.5) is 0 Å². The molecule has 7 nitrogen and oxygen atoms in total. The molecule has 0 unspecified atom stereocenters. The van der Waals surface area contributed by atoms with Gasteiger partial charge in [0.2, 0.25) is 11.8 Å². The van der Waals surface area contributed by atoms with Crippen LogP contribution >= 0.6 is 11.6 Å². The topological polar surface area (TPSA) is 77.1 Å². The number of rotatable bonds is 13. The molecule has 4 aromatic carbocycles. The molecule has 0 fully saturated rings. The highest BCUT2D eigenvalue weighted by Crippen LogP contribution is 2.28. The van der Waals surface area contributed by atoms with Gasteiger partial charge in [-0.3, -0.25) is 9.59 Å². The molecule has 4 aromatic rings. The monoisotopic (exact) mass is 586 g/mol. The molecule has 4 rings (SSSR count). The zero-order chi connectivity index (χ0) is 29.9. The third-order valence-corrected chi connectivity index (χ3v) is 7.37. The van der Waals surface area contributed by atoms with Gasteiger partial charge in [-0.15, -0.1) is 0 Å². The first-order chi connectivity index (χ1) is 20.4. The Labute approximate surface area is 252 Å². The van der Waals surface area contributed by atoms with Crippen molar-refractivity contribution < 1.29 is 23.8 Å². The zero-order valence-corrected chi connectivity index (χ0v) is 24.8. The number of nitrogens with one attached hydrogen (secondary N) is 1. The van der Waals surface area contributed by atoms with Gasteiger partial charge in [-0.1, -0.05) is 78.3 Å². The number of halogens is 1. The van der Waals surface area contributed by atoms with Crippen LogP contribution in [0.2, 0.25) is 5.02 Å². The van der Waals surface area contributed by atoms with Crippen molar-refractivity contribution in [3.8, 4) is 17.2 Å². The van der Waals surface area contributed by atoms with Crippen LogP contribution in [0.1, 0.15) is 22.3 Å². The van der Waals surface area contributed by atoms with E-state index in [0.717, 1.165) is 22.3 Å². The number of hydrogen-bond acceptors (Lipinski definition) is 5. The van der Waals surface area contributed by atoms with E-state index in [2.05, 4.69) is 5.32 Å². The molecule has 2 amide bonds. The second kappa shape index (κ2) is 14.9. The van der Waals surface area contributed by atoms with E-state index in [4.69, 9.17) is 25.8 Å². The van der Waals surface area contributed by atoms with Gasteiger partial charge in [-0.05, 0) is 52.6 Å². The van der Waals surface area contributed by atoms with Crippen molar-refractivity contribution in [2.45, 2.75) is 32.0 Å². The maximum atomic E-state index is 14.1. The normalized spacial score (nSPS) is 11.3. The number of amides is 2. The van der Waals surface area contributed by atoms with Crippen LogP contribution in [0.5, 0.6) is 17.2 Å². The second-order valence-corrected chi connectivity index (χ2v) is 10.2. The highest BCUT2D eigenvalue weighted by molar-refractivity contribution is 6.31. The van der Waals surface area contributed by atoms with E-state index in [1.165, 1.54) is 0 Å². The summed E-state index contributed by atoms with van der Waals surface area (Å²) in [5.41, 5.74) is 3.35. The summed E-state index contributed by atoms with van der Waals surface area (Å²) in [5.74, 6) is 1.34. The van der Waals surface area contributed by atoms with Gasteiger partial charge in [0.1, 0.15) is 11.8 Å². The Balaban J connectivity index is 1.68. The zero-order valence-electron chi connectivity index (χ0n) is 24.0. The van der Waals surface area contributed by atoms with Crippen LogP contribution in [0, 0.1) is 0 Å². The number of nitrogens with zero attached hydrogens (tertiary/aromatic N) is 1. The van der Waals surface area contributed by atoms with E-state index < -0.39 is 6.04 Å².